The molecular formula is C28H40BN2O11PS. The molecule has 44 heavy (non-hydrogen) atoms. The van der Waals surface area contributed by atoms with Gasteiger partial charge >= 0.3 is 20.8 Å². The molecule has 242 valence electrons. The van der Waals surface area contributed by atoms with E-state index < -0.39 is 61.9 Å². The minimum Gasteiger partial charge on any atom is -0.447 e. The van der Waals surface area contributed by atoms with Gasteiger partial charge in [0.25, 0.3) is 0 Å². The van der Waals surface area contributed by atoms with Gasteiger partial charge in [-0.1, -0.05) is 63.1 Å². The third kappa shape index (κ3) is 9.35. The maximum absolute atomic E-state index is 13.9. The Balaban J connectivity index is 1.64. The number of carbonyl (C=O) groups is 1. The second-order valence-corrected chi connectivity index (χ2v) is 14.6. The standard InChI is InChI=1S/C28H40BN2O11PS/c1-19(2)16-31(44(37,38)22-11-9-21(10-12-22)29(3)33)17-25(42-43(34,35)36)24(15-20-7-5-4-6-8-20)30-28(32)41-26-18-40-27-23(26)13-14-39-27/h4-12,19,23-27,33H,13-18H2,1-3H3,(H,30,32)(H2,34,35,36)/t23-,24-,25+,26?,27?/m0/s1. The Bertz CT molecular complexity index is 1390. The van der Waals surface area contributed by atoms with Crippen LogP contribution in [0, 0.1) is 11.8 Å². The molecule has 5 atom stereocenters. The van der Waals surface area contributed by atoms with Gasteiger partial charge in [-0.05, 0) is 41.9 Å². The number of hydrogen-bond donors (Lipinski definition) is 4. The number of hydrogen-bond acceptors (Lipinski definition) is 9. The summed E-state index contributed by atoms with van der Waals surface area (Å²) in [5.74, 6) is -0.311. The number of fused-ring (bicyclic) bond motifs is 1. The Hall–Kier alpha value is -2.33. The van der Waals surface area contributed by atoms with E-state index in [1.54, 1.807) is 51.0 Å². The largest absolute Gasteiger partial charge is 0.469 e. The van der Waals surface area contributed by atoms with E-state index in [-0.39, 0.29) is 36.3 Å². The average molecular weight is 654 g/mol. The van der Waals surface area contributed by atoms with Crippen LogP contribution < -0.4 is 10.8 Å². The summed E-state index contributed by atoms with van der Waals surface area (Å²) in [6.45, 7) is 4.49. The molecule has 0 spiro atoms. The lowest BCUT2D eigenvalue weighted by atomic mass is 9.64. The van der Waals surface area contributed by atoms with Crippen LogP contribution in [0.2, 0.25) is 6.82 Å². The fourth-order valence-electron chi connectivity index (χ4n) is 5.37. The molecule has 0 saturated carbocycles. The Labute approximate surface area is 258 Å². The summed E-state index contributed by atoms with van der Waals surface area (Å²) in [6, 6.07) is 13.5. The number of ether oxygens (including phenoxy) is 3. The van der Waals surface area contributed by atoms with Crippen LogP contribution in [0.15, 0.2) is 59.5 Å². The van der Waals surface area contributed by atoms with E-state index in [4.69, 9.17) is 18.7 Å². The summed E-state index contributed by atoms with van der Waals surface area (Å²) in [4.78, 5) is 32.9. The molecule has 0 radical (unpaired) electrons. The van der Waals surface area contributed by atoms with Crippen molar-refractivity contribution >= 4 is 36.3 Å². The van der Waals surface area contributed by atoms with Crippen molar-refractivity contribution in [1.29, 1.82) is 0 Å². The monoisotopic (exact) mass is 654 g/mol. The van der Waals surface area contributed by atoms with E-state index in [9.17, 15) is 32.6 Å². The van der Waals surface area contributed by atoms with E-state index in [2.05, 4.69) is 5.32 Å². The van der Waals surface area contributed by atoms with Gasteiger partial charge in [0.2, 0.25) is 10.0 Å². The van der Waals surface area contributed by atoms with Crippen molar-refractivity contribution in [2.45, 2.75) is 62.9 Å². The zero-order valence-electron chi connectivity index (χ0n) is 24.9. The van der Waals surface area contributed by atoms with E-state index in [1.165, 1.54) is 24.3 Å². The molecule has 16 heteroatoms. The maximum Gasteiger partial charge on any atom is 0.469 e. The summed E-state index contributed by atoms with van der Waals surface area (Å²) >= 11 is 0. The number of benzene rings is 2. The van der Waals surface area contributed by atoms with Gasteiger partial charge in [-0.15, -0.1) is 0 Å². The number of amides is 1. The fourth-order valence-corrected chi connectivity index (χ4v) is 7.55. The van der Waals surface area contributed by atoms with E-state index in [0.717, 1.165) is 4.31 Å². The highest BCUT2D eigenvalue weighted by molar-refractivity contribution is 7.89. The Morgan fingerprint density at radius 1 is 1.11 bits per heavy atom. The topological polar surface area (TPSA) is 181 Å². The van der Waals surface area contributed by atoms with Crippen LogP contribution in [0.1, 0.15) is 25.8 Å². The molecule has 0 aliphatic carbocycles. The number of rotatable bonds is 14. The molecule has 2 aliphatic heterocycles. The van der Waals surface area contributed by atoms with Crippen molar-refractivity contribution in [2.24, 2.45) is 11.8 Å². The first-order valence-electron chi connectivity index (χ1n) is 14.5. The van der Waals surface area contributed by atoms with Crippen molar-refractivity contribution in [3.63, 3.8) is 0 Å². The summed E-state index contributed by atoms with van der Waals surface area (Å²) in [5.41, 5.74) is 1.23. The predicted molar refractivity (Wildman–Crippen MR) is 162 cm³/mol. The van der Waals surface area contributed by atoms with E-state index in [0.29, 0.717) is 24.1 Å². The minimum atomic E-state index is -5.18. The first-order valence-corrected chi connectivity index (χ1v) is 17.5. The van der Waals surface area contributed by atoms with Crippen LogP contribution in [-0.4, -0.2) is 91.4 Å². The molecule has 2 unspecified atom stereocenters. The summed E-state index contributed by atoms with van der Waals surface area (Å²) < 4.78 is 63.0. The number of alkyl carbamates (subject to hydrolysis) is 1. The van der Waals surface area contributed by atoms with Crippen molar-refractivity contribution in [1.82, 2.24) is 9.62 Å². The van der Waals surface area contributed by atoms with Crippen LogP contribution in [0.25, 0.3) is 0 Å². The molecule has 2 aromatic rings. The zero-order valence-corrected chi connectivity index (χ0v) is 26.6. The zero-order chi connectivity index (χ0) is 32.1. The molecule has 2 heterocycles. The predicted octanol–water partition coefficient (Wildman–Crippen LogP) is 1.73. The summed E-state index contributed by atoms with van der Waals surface area (Å²) in [5, 5.41) is 12.5. The lowest BCUT2D eigenvalue weighted by Crippen LogP contribution is -2.52. The highest BCUT2D eigenvalue weighted by Crippen LogP contribution is 2.39. The van der Waals surface area contributed by atoms with Crippen LogP contribution >= 0.6 is 7.82 Å². The van der Waals surface area contributed by atoms with Gasteiger partial charge < -0.3 is 34.3 Å². The highest BCUT2D eigenvalue weighted by Gasteiger charge is 2.44. The molecule has 4 rings (SSSR count). The Morgan fingerprint density at radius 3 is 2.41 bits per heavy atom. The van der Waals surface area contributed by atoms with Gasteiger partial charge in [0.05, 0.1) is 30.1 Å². The van der Waals surface area contributed by atoms with Gasteiger partial charge in [0.15, 0.2) is 6.29 Å². The molecule has 2 fully saturated rings. The maximum atomic E-state index is 13.9. The average Bonchev–Trinajstić information content (AvgIpc) is 3.57. The van der Waals surface area contributed by atoms with Crippen LogP contribution in [0.3, 0.4) is 0 Å². The molecule has 13 nitrogen and oxygen atoms in total. The van der Waals surface area contributed by atoms with Gasteiger partial charge in [0.1, 0.15) is 12.2 Å². The van der Waals surface area contributed by atoms with Crippen LogP contribution in [0.5, 0.6) is 0 Å². The van der Waals surface area contributed by atoms with Crippen molar-refractivity contribution in [3.8, 4) is 0 Å². The molecule has 4 N–H and O–H groups in total. The first-order chi connectivity index (χ1) is 20.7. The number of phosphoric acid groups is 1. The Kier molecular flexibility index (Phi) is 11.7. The molecule has 2 aromatic carbocycles. The SMILES string of the molecule is CB(O)c1ccc(S(=O)(=O)N(CC(C)C)C[C@@H](OP(=O)(O)O)[C@H](Cc2ccccc2)NC(=O)OC2COC3OCC[C@@H]23)cc1. The molecule has 0 aromatic heterocycles. The summed E-state index contributed by atoms with van der Waals surface area (Å²) in [6.07, 6.45) is -2.68. The second-order valence-electron chi connectivity index (χ2n) is 11.5. The van der Waals surface area contributed by atoms with Gasteiger partial charge in [-0.3, -0.25) is 4.52 Å². The fraction of sp³-hybridized carbons (Fsp3) is 0.536. The van der Waals surface area contributed by atoms with Gasteiger partial charge in [-0.2, -0.15) is 4.31 Å². The lowest BCUT2D eigenvalue weighted by Gasteiger charge is -2.33. The number of carbonyl (C=O) groups excluding carboxylic acids is 1. The lowest BCUT2D eigenvalue weighted by molar-refractivity contribution is -0.0907. The summed E-state index contributed by atoms with van der Waals surface area (Å²) in [7, 11) is -9.39. The molecule has 0 bridgehead atoms. The van der Waals surface area contributed by atoms with Crippen molar-refractivity contribution < 1.29 is 51.3 Å². The van der Waals surface area contributed by atoms with E-state index >= 15 is 0 Å². The third-order valence-electron chi connectivity index (χ3n) is 7.52. The first kappa shape index (κ1) is 34.5. The third-order valence-corrected chi connectivity index (χ3v) is 9.91. The van der Waals surface area contributed by atoms with Gasteiger partial charge in [0, 0.05) is 13.1 Å². The number of sulfonamides is 1. The molecular weight excluding hydrogens is 614 g/mol. The quantitative estimate of drug-likeness (QED) is 0.172. The Morgan fingerprint density at radius 2 is 1.80 bits per heavy atom. The van der Waals surface area contributed by atoms with Crippen LogP contribution in [0.4, 0.5) is 4.79 Å². The number of nitrogens with zero attached hydrogens (tertiary/aromatic N) is 1. The van der Waals surface area contributed by atoms with Crippen LogP contribution in [-0.2, 0) is 39.7 Å². The molecule has 1 amide bonds. The highest BCUT2D eigenvalue weighted by atomic mass is 32.2. The molecule has 2 aliphatic rings. The second kappa shape index (κ2) is 14.8. The normalized spacial score (nSPS) is 21.7. The van der Waals surface area contributed by atoms with Gasteiger partial charge in [-0.25, -0.2) is 17.8 Å². The van der Waals surface area contributed by atoms with Crippen molar-refractivity contribution in [3.05, 3.63) is 60.2 Å². The van der Waals surface area contributed by atoms with Crippen molar-refractivity contribution in [2.75, 3.05) is 26.3 Å². The van der Waals surface area contributed by atoms with E-state index in [1.807, 2.05) is 0 Å². The minimum absolute atomic E-state index is 0.00745. The smallest absolute Gasteiger partial charge is 0.447 e. The number of nitrogens with one attached hydrogen (secondary N) is 1. The molecule has 2 saturated heterocycles. The number of phosphoric ester groups is 1.